The zero-order valence-electron chi connectivity index (χ0n) is 14.3. The molecule has 1 aromatic rings. The molecule has 0 spiro atoms. The van der Waals surface area contributed by atoms with Crippen LogP contribution in [0.3, 0.4) is 0 Å². The summed E-state index contributed by atoms with van der Waals surface area (Å²) < 4.78 is 13.0. The van der Waals surface area contributed by atoms with Gasteiger partial charge >= 0.3 is 0 Å². The van der Waals surface area contributed by atoms with Crippen LogP contribution in [0.2, 0.25) is 0 Å². The van der Waals surface area contributed by atoms with Gasteiger partial charge in [-0.2, -0.15) is 0 Å². The van der Waals surface area contributed by atoms with Crippen molar-refractivity contribution in [1.29, 1.82) is 0 Å². The summed E-state index contributed by atoms with van der Waals surface area (Å²) in [6.07, 6.45) is 0. The van der Waals surface area contributed by atoms with E-state index >= 15 is 0 Å². The van der Waals surface area contributed by atoms with Crippen LogP contribution >= 0.6 is 0 Å². The first-order chi connectivity index (χ1) is 10.9. The van der Waals surface area contributed by atoms with Crippen LogP contribution < -0.4 is 5.32 Å². The van der Waals surface area contributed by atoms with Crippen LogP contribution in [0.4, 0.5) is 4.39 Å². The molecule has 1 N–H and O–H groups in total. The van der Waals surface area contributed by atoms with Crippen LogP contribution in [0.5, 0.6) is 0 Å². The quantitative estimate of drug-likeness (QED) is 0.794. The highest BCUT2D eigenvalue weighted by Gasteiger charge is 2.20. The van der Waals surface area contributed by atoms with Gasteiger partial charge in [0.15, 0.2) is 0 Å². The molecular formula is C17H26FN3O2. The van der Waals surface area contributed by atoms with Crippen molar-refractivity contribution in [3.63, 3.8) is 0 Å². The predicted molar refractivity (Wildman–Crippen MR) is 88.4 cm³/mol. The Morgan fingerprint density at radius 2 is 1.78 bits per heavy atom. The summed E-state index contributed by atoms with van der Waals surface area (Å²) in [5.74, 6) is -0.460. The van der Waals surface area contributed by atoms with Crippen molar-refractivity contribution in [2.75, 3.05) is 33.2 Å². The van der Waals surface area contributed by atoms with Gasteiger partial charge in [-0.3, -0.25) is 14.5 Å². The zero-order valence-corrected chi connectivity index (χ0v) is 14.3. The number of nitrogens with zero attached hydrogens (tertiary/aromatic N) is 2. The third kappa shape index (κ3) is 5.98. The van der Waals surface area contributed by atoms with Gasteiger partial charge < -0.3 is 10.2 Å². The molecule has 0 radical (unpaired) electrons. The summed E-state index contributed by atoms with van der Waals surface area (Å²) in [7, 11) is 1.72. The smallest absolute Gasteiger partial charge is 0.237 e. The standard InChI is InChI=1S/C17H26FN3O2/c1-5-19-16(22)11-21(6-2)12-17(23)20(4)13(3)14-7-9-15(18)10-8-14/h7-10,13H,5-6,11-12H2,1-4H3,(H,19,22). The highest BCUT2D eigenvalue weighted by Crippen LogP contribution is 2.19. The molecule has 0 fully saturated rings. The Morgan fingerprint density at radius 1 is 1.17 bits per heavy atom. The highest BCUT2D eigenvalue weighted by atomic mass is 19.1. The van der Waals surface area contributed by atoms with Gasteiger partial charge in [0.25, 0.3) is 0 Å². The zero-order chi connectivity index (χ0) is 17.4. The third-order valence-electron chi connectivity index (χ3n) is 3.87. The minimum absolute atomic E-state index is 0.0760. The van der Waals surface area contributed by atoms with Crippen molar-refractivity contribution >= 4 is 11.8 Å². The van der Waals surface area contributed by atoms with Gasteiger partial charge in [-0.1, -0.05) is 19.1 Å². The van der Waals surface area contributed by atoms with E-state index in [2.05, 4.69) is 5.32 Å². The Hall–Kier alpha value is -1.95. The summed E-state index contributed by atoms with van der Waals surface area (Å²) in [5.41, 5.74) is 0.869. The molecule has 2 amide bonds. The molecular weight excluding hydrogens is 297 g/mol. The number of likely N-dealkylation sites (N-methyl/N-ethyl adjacent to an activating group) is 3. The average Bonchev–Trinajstić information content (AvgIpc) is 2.53. The summed E-state index contributed by atoms with van der Waals surface area (Å²) in [5, 5.41) is 2.73. The number of hydrogen-bond acceptors (Lipinski definition) is 3. The van der Waals surface area contributed by atoms with Gasteiger partial charge in [-0.25, -0.2) is 4.39 Å². The Balaban J connectivity index is 2.63. The lowest BCUT2D eigenvalue weighted by Gasteiger charge is -2.28. The molecule has 0 bridgehead atoms. The van der Waals surface area contributed by atoms with Crippen LogP contribution in [0, 0.1) is 5.82 Å². The van der Waals surface area contributed by atoms with Gasteiger partial charge in [0.1, 0.15) is 5.82 Å². The average molecular weight is 323 g/mol. The third-order valence-corrected chi connectivity index (χ3v) is 3.87. The summed E-state index contributed by atoms with van der Waals surface area (Å²) in [4.78, 5) is 27.5. The molecule has 1 unspecified atom stereocenters. The second kappa shape index (κ2) is 9.25. The first-order valence-electron chi connectivity index (χ1n) is 7.89. The fourth-order valence-electron chi connectivity index (χ4n) is 2.22. The molecule has 0 aliphatic heterocycles. The fraction of sp³-hybridized carbons (Fsp3) is 0.529. The van der Waals surface area contributed by atoms with E-state index in [4.69, 9.17) is 0 Å². The molecule has 1 aromatic carbocycles. The van der Waals surface area contributed by atoms with Gasteiger partial charge in [0.05, 0.1) is 19.1 Å². The molecule has 5 nitrogen and oxygen atoms in total. The van der Waals surface area contributed by atoms with E-state index in [-0.39, 0.29) is 36.8 Å². The lowest BCUT2D eigenvalue weighted by atomic mass is 10.1. The minimum Gasteiger partial charge on any atom is -0.355 e. The second-order valence-electron chi connectivity index (χ2n) is 5.49. The second-order valence-corrected chi connectivity index (χ2v) is 5.49. The minimum atomic E-state index is -0.297. The van der Waals surface area contributed by atoms with Gasteiger partial charge in [-0.15, -0.1) is 0 Å². The molecule has 128 valence electrons. The number of hydrogen-bond donors (Lipinski definition) is 1. The normalized spacial score (nSPS) is 12.1. The van der Waals surface area contributed by atoms with Crippen molar-refractivity contribution < 1.29 is 14.0 Å². The van der Waals surface area contributed by atoms with Crippen molar-refractivity contribution in [2.24, 2.45) is 0 Å². The van der Waals surface area contributed by atoms with Crippen molar-refractivity contribution in [3.05, 3.63) is 35.6 Å². The maximum Gasteiger partial charge on any atom is 0.237 e. The highest BCUT2D eigenvalue weighted by molar-refractivity contribution is 5.81. The van der Waals surface area contributed by atoms with Gasteiger partial charge in [0, 0.05) is 13.6 Å². The number of amides is 2. The first-order valence-corrected chi connectivity index (χ1v) is 7.89. The van der Waals surface area contributed by atoms with Gasteiger partial charge in [-0.05, 0) is 38.1 Å². The monoisotopic (exact) mass is 323 g/mol. The number of benzene rings is 1. The van der Waals surface area contributed by atoms with E-state index in [0.29, 0.717) is 13.1 Å². The van der Waals surface area contributed by atoms with Crippen LogP contribution in [-0.4, -0.2) is 54.8 Å². The van der Waals surface area contributed by atoms with Crippen LogP contribution in [0.25, 0.3) is 0 Å². The van der Waals surface area contributed by atoms with Crippen molar-refractivity contribution in [3.8, 4) is 0 Å². The Bertz CT molecular complexity index is 519. The summed E-state index contributed by atoms with van der Waals surface area (Å²) >= 11 is 0. The summed E-state index contributed by atoms with van der Waals surface area (Å²) in [6.45, 7) is 7.23. The largest absolute Gasteiger partial charge is 0.355 e. The predicted octanol–water partition coefficient (Wildman–Crippen LogP) is 1.80. The first kappa shape index (κ1) is 19.1. The number of halogens is 1. The van der Waals surface area contributed by atoms with E-state index in [1.165, 1.54) is 12.1 Å². The van der Waals surface area contributed by atoms with Crippen molar-refractivity contribution in [2.45, 2.75) is 26.8 Å². The van der Waals surface area contributed by atoms with E-state index in [9.17, 15) is 14.0 Å². The molecule has 0 aliphatic carbocycles. The number of carbonyl (C=O) groups excluding carboxylic acids is 2. The SMILES string of the molecule is CCNC(=O)CN(CC)CC(=O)N(C)C(C)c1ccc(F)cc1. The molecule has 0 aliphatic rings. The number of nitrogens with one attached hydrogen (secondary N) is 1. The van der Waals surface area contributed by atoms with E-state index in [1.807, 2.05) is 20.8 Å². The van der Waals surface area contributed by atoms with Crippen LogP contribution in [0.1, 0.15) is 32.4 Å². The van der Waals surface area contributed by atoms with E-state index < -0.39 is 0 Å². The molecule has 23 heavy (non-hydrogen) atoms. The maximum absolute atomic E-state index is 13.0. The topological polar surface area (TPSA) is 52.7 Å². The molecule has 6 heteroatoms. The maximum atomic E-state index is 13.0. The molecule has 0 heterocycles. The summed E-state index contributed by atoms with van der Waals surface area (Å²) in [6, 6.07) is 5.97. The number of rotatable bonds is 8. The van der Waals surface area contributed by atoms with Gasteiger partial charge in [0.2, 0.25) is 11.8 Å². The van der Waals surface area contributed by atoms with Crippen LogP contribution in [-0.2, 0) is 9.59 Å². The molecule has 0 saturated carbocycles. The molecule has 0 saturated heterocycles. The van der Waals surface area contributed by atoms with Crippen LogP contribution in [0.15, 0.2) is 24.3 Å². The van der Waals surface area contributed by atoms with Crippen molar-refractivity contribution in [1.82, 2.24) is 15.1 Å². The molecule has 0 aromatic heterocycles. The van der Waals surface area contributed by atoms with E-state index in [0.717, 1.165) is 5.56 Å². The Morgan fingerprint density at radius 3 is 2.30 bits per heavy atom. The number of carbonyl (C=O) groups is 2. The molecule has 1 atom stereocenters. The Kier molecular flexibility index (Phi) is 7.68. The fourth-order valence-corrected chi connectivity index (χ4v) is 2.22. The Labute approximate surface area is 137 Å². The lowest BCUT2D eigenvalue weighted by molar-refractivity contribution is -0.133. The lowest BCUT2D eigenvalue weighted by Crippen LogP contribution is -2.43. The van der Waals surface area contributed by atoms with E-state index in [1.54, 1.807) is 29.0 Å². The molecule has 1 rings (SSSR count).